The average molecular weight is 453 g/mol. The highest BCUT2D eigenvalue weighted by Crippen LogP contribution is 2.41. The van der Waals surface area contributed by atoms with Crippen LogP contribution in [0.5, 0.6) is 0 Å². The summed E-state index contributed by atoms with van der Waals surface area (Å²) in [5.41, 5.74) is 0.496. The van der Waals surface area contributed by atoms with Crippen LogP contribution in [0, 0.1) is 11.8 Å². The van der Waals surface area contributed by atoms with Crippen LogP contribution < -0.4 is 10.2 Å². The van der Waals surface area contributed by atoms with Gasteiger partial charge in [0.25, 0.3) is 6.43 Å². The van der Waals surface area contributed by atoms with E-state index in [4.69, 9.17) is 0 Å². The smallest absolute Gasteiger partial charge is 0.370 e. The number of rotatable bonds is 5. The predicted molar refractivity (Wildman–Crippen MR) is 106 cm³/mol. The van der Waals surface area contributed by atoms with Crippen LogP contribution in [0.2, 0.25) is 0 Å². The zero-order chi connectivity index (χ0) is 22.5. The first-order chi connectivity index (χ1) is 15.3. The fourth-order valence-electron chi connectivity index (χ4n) is 4.78. The molecule has 1 saturated heterocycles. The molecule has 3 aromatic heterocycles. The lowest BCUT2D eigenvalue weighted by Gasteiger charge is -2.22. The number of halogens is 5. The van der Waals surface area contributed by atoms with Gasteiger partial charge in [0.15, 0.2) is 5.65 Å². The third kappa shape index (κ3) is 4.05. The highest BCUT2D eigenvalue weighted by molar-refractivity contribution is 5.71. The van der Waals surface area contributed by atoms with Crippen molar-refractivity contribution >= 4 is 22.7 Å². The van der Waals surface area contributed by atoms with Crippen molar-refractivity contribution < 1.29 is 22.0 Å². The molecule has 2 fully saturated rings. The van der Waals surface area contributed by atoms with E-state index in [-0.39, 0.29) is 6.04 Å². The van der Waals surface area contributed by atoms with Crippen molar-refractivity contribution in [2.45, 2.75) is 38.0 Å². The van der Waals surface area contributed by atoms with Crippen LogP contribution in [0.3, 0.4) is 0 Å². The Morgan fingerprint density at radius 1 is 1.06 bits per heavy atom. The third-order valence-corrected chi connectivity index (χ3v) is 6.18. The van der Waals surface area contributed by atoms with Crippen LogP contribution >= 0.6 is 0 Å². The molecule has 1 aliphatic heterocycles. The van der Waals surface area contributed by atoms with Crippen molar-refractivity contribution in [2.75, 3.05) is 23.3 Å². The molecule has 3 aromatic rings. The van der Waals surface area contributed by atoms with Gasteiger partial charge in [-0.15, -0.1) is 0 Å². The highest BCUT2D eigenvalue weighted by atomic mass is 19.4. The number of alkyl halides is 5. The number of hydrogen-bond acceptors (Lipinski definition) is 6. The molecule has 1 N–H and O–H groups in total. The first-order valence-corrected chi connectivity index (χ1v) is 10.3. The fourth-order valence-corrected chi connectivity index (χ4v) is 4.78. The van der Waals surface area contributed by atoms with E-state index in [0.717, 1.165) is 29.8 Å². The summed E-state index contributed by atoms with van der Waals surface area (Å²) in [7, 11) is 0. The minimum absolute atomic E-state index is 0.130. The third-order valence-electron chi connectivity index (χ3n) is 6.18. The number of aromatic nitrogens is 5. The van der Waals surface area contributed by atoms with Gasteiger partial charge in [0.1, 0.15) is 17.9 Å². The van der Waals surface area contributed by atoms with Crippen LogP contribution in [0.25, 0.3) is 11.2 Å². The van der Waals surface area contributed by atoms with E-state index in [1.165, 1.54) is 12.4 Å². The maximum Gasteiger partial charge on any atom is 0.417 e. The zero-order valence-corrected chi connectivity index (χ0v) is 16.8. The summed E-state index contributed by atoms with van der Waals surface area (Å²) >= 11 is 0. The number of nitrogens with one attached hydrogen (secondary N) is 1. The van der Waals surface area contributed by atoms with Crippen molar-refractivity contribution in [1.82, 2.24) is 24.7 Å². The lowest BCUT2D eigenvalue weighted by Crippen LogP contribution is -2.25. The number of fused-ring (bicyclic) bond motifs is 2. The molecule has 2 aliphatic rings. The van der Waals surface area contributed by atoms with Crippen molar-refractivity contribution in [2.24, 2.45) is 11.8 Å². The maximum atomic E-state index is 13.0. The Balaban J connectivity index is 1.23. The summed E-state index contributed by atoms with van der Waals surface area (Å²) in [5, 5.41) is 7.25. The van der Waals surface area contributed by atoms with Crippen LogP contribution in [0.1, 0.15) is 18.4 Å². The molecule has 0 unspecified atom stereocenters. The van der Waals surface area contributed by atoms with Gasteiger partial charge < -0.3 is 10.2 Å². The predicted octanol–water partition coefficient (Wildman–Crippen LogP) is 3.83. The molecule has 7 nitrogen and oxygen atoms in total. The second-order valence-electron chi connectivity index (χ2n) is 8.35. The van der Waals surface area contributed by atoms with E-state index in [1.54, 1.807) is 6.20 Å². The van der Waals surface area contributed by atoms with E-state index in [0.29, 0.717) is 47.6 Å². The minimum Gasteiger partial charge on any atom is -0.370 e. The van der Waals surface area contributed by atoms with Crippen molar-refractivity contribution in [3.8, 4) is 0 Å². The largest absolute Gasteiger partial charge is 0.417 e. The lowest BCUT2D eigenvalue weighted by atomic mass is 10.0. The molecule has 32 heavy (non-hydrogen) atoms. The molecule has 0 bridgehead atoms. The molecule has 12 heteroatoms. The summed E-state index contributed by atoms with van der Waals surface area (Å²) < 4.78 is 65.6. The fraction of sp³-hybridized carbons (Fsp3) is 0.500. The second kappa shape index (κ2) is 7.82. The Hall–Kier alpha value is -3.05. The SMILES string of the molecule is FC(F)Cn1ncc2ncc(N[C@H]3C[C@@H]4CN(c5cncc(C(F)(F)F)c5)C[C@@H]4C3)nc21. The lowest BCUT2D eigenvalue weighted by molar-refractivity contribution is -0.137. The summed E-state index contributed by atoms with van der Waals surface area (Å²) in [4.78, 5) is 14.4. The van der Waals surface area contributed by atoms with Gasteiger partial charge in [-0.1, -0.05) is 0 Å². The minimum atomic E-state index is -4.42. The normalized spacial score (nSPS) is 23.3. The van der Waals surface area contributed by atoms with Crippen molar-refractivity contribution in [3.63, 3.8) is 0 Å². The molecule has 0 aromatic carbocycles. The summed E-state index contributed by atoms with van der Waals surface area (Å²) in [6.07, 6.45) is -0.00376. The second-order valence-corrected chi connectivity index (χ2v) is 8.35. The van der Waals surface area contributed by atoms with Gasteiger partial charge in [-0.25, -0.2) is 23.4 Å². The monoisotopic (exact) mass is 453 g/mol. The molecule has 0 amide bonds. The quantitative estimate of drug-likeness (QED) is 0.592. The maximum absolute atomic E-state index is 13.0. The topological polar surface area (TPSA) is 71.8 Å². The van der Waals surface area contributed by atoms with Crippen LogP contribution in [0.4, 0.5) is 33.5 Å². The van der Waals surface area contributed by atoms with E-state index in [9.17, 15) is 22.0 Å². The standard InChI is InChI=1S/C20H20F5N7/c21-17(22)10-32-19-16(6-28-32)27-7-18(30-19)29-14-1-11-8-31(9-12(11)2-14)15-3-13(4-26-5-15)20(23,24)25/h3-7,11-12,14,17H,1-2,8-10H2,(H,29,30)/t11-,12+,14+. The summed E-state index contributed by atoms with van der Waals surface area (Å²) in [6, 6.07) is 1.28. The molecule has 4 heterocycles. The zero-order valence-electron chi connectivity index (χ0n) is 16.8. The van der Waals surface area contributed by atoms with Gasteiger partial charge in [0, 0.05) is 25.3 Å². The Labute approximate surface area is 179 Å². The summed E-state index contributed by atoms with van der Waals surface area (Å²) in [6.45, 7) is 0.783. The van der Waals surface area contributed by atoms with E-state index in [1.807, 2.05) is 4.90 Å². The van der Waals surface area contributed by atoms with Gasteiger partial charge in [0.05, 0.1) is 29.8 Å². The number of nitrogens with zero attached hydrogens (tertiary/aromatic N) is 6. The van der Waals surface area contributed by atoms with Gasteiger partial charge in [-0.3, -0.25) is 4.98 Å². The van der Waals surface area contributed by atoms with E-state index in [2.05, 4.69) is 25.4 Å². The van der Waals surface area contributed by atoms with Gasteiger partial charge in [-0.05, 0) is 30.7 Å². The molecule has 170 valence electrons. The highest BCUT2D eigenvalue weighted by Gasteiger charge is 2.41. The summed E-state index contributed by atoms with van der Waals surface area (Å²) in [5.74, 6) is 1.17. The van der Waals surface area contributed by atoms with Crippen LogP contribution in [0.15, 0.2) is 30.9 Å². The average Bonchev–Trinajstić information content (AvgIpc) is 3.41. The number of pyridine rings is 1. The molecule has 1 saturated carbocycles. The number of anilines is 2. The van der Waals surface area contributed by atoms with Crippen molar-refractivity contribution in [1.29, 1.82) is 0 Å². The van der Waals surface area contributed by atoms with Gasteiger partial charge >= 0.3 is 6.18 Å². The Kier molecular flexibility index (Phi) is 5.09. The molecule has 5 rings (SSSR count). The first kappa shape index (κ1) is 20.8. The van der Waals surface area contributed by atoms with Gasteiger partial charge in [-0.2, -0.15) is 18.3 Å². The first-order valence-electron chi connectivity index (χ1n) is 10.3. The molecule has 1 aliphatic carbocycles. The van der Waals surface area contributed by atoms with E-state index >= 15 is 0 Å². The van der Waals surface area contributed by atoms with Crippen molar-refractivity contribution in [3.05, 3.63) is 36.4 Å². The van der Waals surface area contributed by atoms with Crippen LogP contribution in [-0.2, 0) is 12.7 Å². The number of hydrogen-bond donors (Lipinski definition) is 1. The Morgan fingerprint density at radius 2 is 1.81 bits per heavy atom. The Bertz CT molecular complexity index is 1100. The van der Waals surface area contributed by atoms with Gasteiger partial charge in [0.2, 0.25) is 0 Å². The molecular weight excluding hydrogens is 433 g/mol. The van der Waals surface area contributed by atoms with E-state index < -0.39 is 24.7 Å². The Morgan fingerprint density at radius 3 is 2.50 bits per heavy atom. The molecule has 0 radical (unpaired) electrons. The molecule has 3 atom stereocenters. The van der Waals surface area contributed by atoms with Crippen LogP contribution in [-0.4, -0.2) is 50.3 Å². The molecular formula is C20H20F5N7. The molecule has 0 spiro atoms.